The first kappa shape index (κ1) is 13.0. The van der Waals surface area contributed by atoms with Gasteiger partial charge in [-0.2, -0.15) is 0 Å². The fourth-order valence-electron chi connectivity index (χ4n) is 1.54. The van der Waals surface area contributed by atoms with E-state index in [2.05, 4.69) is 51.2 Å². The molecule has 1 aromatic rings. The summed E-state index contributed by atoms with van der Waals surface area (Å²) in [6.07, 6.45) is 0. The molecule has 1 rings (SSSR count). The molecule has 0 aliphatic heterocycles. The molecule has 0 aliphatic rings. The zero-order valence-corrected chi connectivity index (χ0v) is 11.0. The van der Waals surface area contributed by atoms with Gasteiger partial charge in [-0.05, 0) is 38.4 Å². The number of hydrogen-bond donors (Lipinski definition) is 1. The fraction of sp³-hybridized carbons (Fsp3) is 0.571. The van der Waals surface area contributed by atoms with Gasteiger partial charge in [0.25, 0.3) is 0 Å². The van der Waals surface area contributed by atoms with E-state index in [0.717, 1.165) is 12.4 Å². The van der Waals surface area contributed by atoms with Gasteiger partial charge in [0.15, 0.2) is 0 Å². The first-order valence-electron chi connectivity index (χ1n) is 5.95. The largest absolute Gasteiger partial charge is 0.493 e. The number of hydrogen-bond acceptors (Lipinski definition) is 2. The summed E-state index contributed by atoms with van der Waals surface area (Å²) >= 11 is 0. The summed E-state index contributed by atoms with van der Waals surface area (Å²) in [7, 11) is 1.97. The smallest absolute Gasteiger partial charge is 0.124 e. The molecule has 1 atom stereocenters. The van der Waals surface area contributed by atoms with Crippen molar-refractivity contribution in [1.29, 1.82) is 0 Å². The van der Waals surface area contributed by atoms with Crippen molar-refractivity contribution >= 4 is 0 Å². The Morgan fingerprint density at radius 2 is 1.94 bits per heavy atom. The number of benzene rings is 1. The molecule has 16 heavy (non-hydrogen) atoms. The van der Waals surface area contributed by atoms with Gasteiger partial charge in [-0.25, -0.2) is 0 Å². The van der Waals surface area contributed by atoms with E-state index in [4.69, 9.17) is 4.74 Å². The van der Waals surface area contributed by atoms with Crippen LogP contribution in [0.15, 0.2) is 18.2 Å². The third-order valence-corrected chi connectivity index (χ3v) is 2.64. The molecular formula is C14H23NO. The summed E-state index contributed by atoms with van der Waals surface area (Å²) in [5.41, 5.74) is 2.47. The maximum atomic E-state index is 5.86. The lowest BCUT2D eigenvalue weighted by Gasteiger charge is -2.18. The van der Waals surface area contributed by atoms with Crippen LogP contribution in [0.2, 0.25) is 0 Å². The quantitative estimate of drug-likeness (QED) is 0.823. The maximum Gasteiger partial charge on any atom is 0.124 e. The van der Waals surface area contributed by atoms with Crippen molar-refractivity contribution in [2.75, 3.05) is 13.7 Å². The highest BCUT2D eigenvalue weighted by Gasteiger charge is 2.10. The molecule has 0 fully saturated rings. The van der Waals surface area contributed by atoms with Gasteiger partial charge in [0.1, 0.15) is 5.75 Å². The molecule has 0 radical (unpaired) electrons. The van der Waals surface area contributed by atoms with Gasteiger partial charge in [-0.1, -0.05) is 26.0 Å². The SMILES string of the molecule is CNC(C)c1ccc(C)cc1OCC(C)C. The van der Waals surface area contributed by atoms with E-state index in [9.17, 15) is 0 Å². The van der Waals surface area contributed by atoms with Crippen molar-refractivity contribution in [1.82, 2.24) is 5.32 Å². The molecule has 2 nitrogen and oxygen atoms in total. The van der Waals surface area contributed by atoms with Crippen molar-refractivity contribution in [3.8, 4) is 5.75 Å². The predicted molar refractivity (Wildman–Crippen MR) is 69.0 cm³/mol. The molecular weight excluding hydrogens is 198 g/mol. The monoisotopic (exact) mass is 221 g/mol. The summed E-state index contributed by atoms with van der Waals surface area (Å²) < 4.78 is 5.86. The summed E-state index contributed by atoms with van der Waals surface area (Å²) in [6.45, 7) is 9.34. The molecule has 0 heterocycles. The fourth-order valence-corrected chi connectivity index (χ4v) is 1.54. The lowest BCUT2D eigenvalue weighted by atomic mass is 10.1. The van der Waals surface area contributed by atoms with E-state index >= 15 is 0 Å². The van der Waals surface area contributed by atoms with Gasteiger partial charge >= 0.3 is 0 Å². The molecule has 0 saturated heterocycles. The Morgan fingerprint density at radius 3 is 2.50 bits per heavy atom. The Balaban J connectivity index is 2.89. The maximum absolute atomic E-state index is 5.86. The van der Waals surface area contributed by atoms with Crippen LogP contribution in [0.3, 0.4) is 0 Å². The molecule has 1 unspecified atom stereocenters. The first-order valence-corrected chi connectivity index (χ1v) is 5.95. The lowest BCUT2D eigenvalue weighted by molar-refractivity contribution is 0.266. The summed E-state index contributed by atoms with van der Waals surface area (Å²) in [5.74, 6) is 1.56. The van der Waals surface area contributed by atoms with Crippen LogP contribution in [0.25, 0.3) is 0 Å². The molecule has 1 N–H and O–H groups in total. The van der Waals surface area contributed by atoms with Crippen LogP contribution < -0.4 is 10.1 Å². The average Bonchev–Trinajstić information content (AvgIpc) is 2.25. The molecule has 2 heteroatoms. The van der Waals surface area contributed by atoms with E-state index in [-0.39, 0.29) is 0 Å². The van der Waals surface area contributed by atoms with Crippen LogP contribution >= 0.6 is 0 Å². The van der Waals surface area contributed by atoms with E-state index in [0.29, 0.717) is 12.0 Å². The summed E-state index contributed by atoms with van der Waals surface area (Å²) in [6, 6.07) is 6.71. The van der Waals surface area contributed by atoms with Crippen molar-refractivity contribution in [3.05, 3.63) is 29.3 Å². The highest BCUT2D eigenvalue weighted by Crippen LogP contribution is 2.26. The van der Waals surface area contributed by atoms with Gasteiger partial charge in [-0.3, -0.25) is 0 Å². The number of aryl methyl sites for hydroxylation is 1. The highest BCUT2D eigenvalue weighted by molar-refractivity contribution is 5.39. The summed E-state index contributed by atoms with van der Waals surface area (Å²) in [5, 5.41) is 3.25. The van der Waals surface area contributed by atoms with Crippen LogP contribution in [-0.2, 0) is 0 Å². The predicted octanol–water partition coefficient (Wildman–Crippen LogP) is 3.31. The van der Waals surface area contributed by atoms with Crippen molar-refractivity contribution < 1.29 is 4.74 Å². The van der Waals surface area contributed by atoms with Crippen LogP contribution in [0, 0.1) is 12.8 Å². The Morgan fingerprint density at radius 1 is 1.25 bits per heavy atom. The van der Waals surface area contributed by atoms with Gasteiger partial charge < -0.3 is 10.1 Å². The number of rotatable bonds is 5. The van der Waals surface area contributed by atoms with Gasteiger partial charge in [0.05, 0.1) is 6.61 Å². The average molecular weight is 221 g/mol. The minimum absolute atomic E-state index is 0.322. The first-order chi connectivity index (χ1) is 7.54. The zero-order valence-electron chi connectivity index (χ0n) is 11.0. The van der Waals surface area contributed by atoms with Crippen LogP contribution in [0.1, 0.15) is 37.9 Å². The summed E-state index contributed by atoms with van der Waals surface area (Å²) in [4.78, 5) is 0. The normalized spacial score (nSPS) is 12.9. The zero-order chi connectivity index (χ0) is 12.1. The minimum Gasteiger partial charge on any atom is -0.493 e. The van der Waals surface area contributed by atoms with E-state index in [1.54, 1.807) is 0 Å². The topological polar surface area (TPSA) is 21.3 Å². The standard InChI is InChI=1S/C14H23NO/c1-10(2)9-16-14-8-11(3)6-7-13(14)12(4)15-5/h6-8,10,12,15H,9H2,1-5H3. The number of nitrogens with one attached hydrogen (secondary N) is 1. The Labute approximate surface area is 99.0 Å². The van der Waals surface area contributed by atoms with E-state index in [1.165, 1.54) is 11.1 Å². The van der Waals surface area contributed by atoms with Crippen molar-refractivity contribution in [3.63, 3.8) is 0 Å². The Kier molecular flexibility index (Phi) is 4.81. The van der Waals surface area contributed by atoms with Gasteiger partial charge in [0, 0.05) is 11.6 Å². The lowest BCUT2D eigenvalue weighted by Crippen LogP contribution is -2.15. The second kappa shape index (κ2) is 5.90. The molecule has 0 bridgehead atoms. The third-order valence-electron chi connectivity index (χ3n) is 2.64. The number of ether oxygens (including phenoxy) is 1. The molecule has 1 aromatic carbocycles. The molecule has 90 valence electrons. The van der Waals surface area contributed by atoms with E-state index < -0.39 is 0 Å². The minimum atomic E-state index is 0.322. The van der Waals surface area contributed by atoms with Crippen molar-refractivity contribution in [2.45, 2.75) is 33.7 Å². The molecule has 0 spiro atoms. The second-order valence-electron chi connectivity index (χ2n) is 4.76. The Bertz CT molecular complexity index is 334. The van der Waals surface area contributed by atoms with E-state index in [1.807, 2.05) is 7.05 Å². The van der Waals surface area contributed by atoms with Gasteiger partial charge in [0.2, 0.25) is 0 Å². The van der Waals surface area contributed by atoms with Crippen LogP contribution in [-0.4, -0.2) is 13.7 Å². The molecule has 0 aromatic heterocycles. The van der Waals surface area contributed by atoms with Crippen LogP contribution in [0.4, 0.5) is 0 Å². The van der Waals surface area contributed by atoms with Gasteiger partial charge in [-0.15, -0.1) is 0 Å². The molecule has 0 saturated carbocycles. The molecule has 0 aliphatic carbocycles. The van der Waals surface area contributed by atoms with Crippen molar-refractivity contribution in [2.24, 2.45) is 5.92 Å². The highest BCUT2D eigenvalue weighted by atomic mass is 16.5. The molecule has 0 amide bonds. The second-order valence-corrected chi connectivity index (χ2v) is 4.76. The third kappa shape index (κ3) is 3.53. The van der Waals surface area contributed by atoms with Crippen LogP contribution in [0.5, 0.6) is 5.75 Å². The Hall–Kier alpha value is -1.02.